The average molecular weight is 494 g/mol. The Morgan fingerprint density at radius 3 is 2.48 bits per heavy atom. The Morgan fingerprint density at radius 2 is 1.88 bits per heavy atom. The molecule has 0 fully saturated rings. The Bertz CT molecular complexity index is 1200. The van der Waals surface area contributed by atoms with Gasteiger partial charge in [0, 0.05) is 35.6 Å². The van der Waals surface area contributed by atoms with Crippen LogP contribution in [0.2, 0.25) is 0 Å². The summed E-state index contributed by atoms with van der Waals surface area (Å²) in [6.45, 7) is 10.2. The summed E-state index contributed by atoms with van der Waals surface area (Å²) in [4.78, 5) is 27.0. The molecule has 0 unspecified atom stereocenters. The summed E-state index contributed by atoms with van der Waals surface area (Å²) in [5.74, 6) is -0.984. The molecule has 1 aromatic carbocycles. The highest BCUT2D eigenvalue weighted by Gasteiger charge is 2.42. The van der Waals surface area contributed by atoms with E-state index in [2.05, 4.69) is 24.5 Å². The maximum atomic E-state index is 13.1. The lowest BCUT2D eigenvalue weighted by Gasteiger charge is -2.42. The number of benzene rings is 1. The zero-order valence-corrected chi connectivity index (χ0v) is 21.7. The number of nitrogens with zero attached hydrogens (tertiary/aromatic N) is 1. The summed E-state index contributed by atoms with van der Waals surface area (Å²) in [7, 11) is -0.828. The Hall–Kier alpha value is -2.27. The molecule has 0 spiro atoms. The van der Waals surface area contributed by atoms with E-state index < -0.39 is 27.4 Å². The highest BCUT2D eigenvalue weighted by Crippen LogP contribution is 2.45. The van der Waals surface area contributed by atoms with Gasteiger partial charge in [-0.3, -0.25) is 4.79 Å². The van der Waals surface area contributed by atoms with Crippen LogP contribution in [0.3, 0.4) is 0 Å². The molecule has 0 radical (unpaired) electrons. The van der Waals surface area contributed by atoms with Crippen LogP contribution in [0.5, 0.6) is 0 Å². The topological polar surface area (TPSA) is 105 Å². The van der Waals surface area contributed by atoms with Crippen molar-refractivity contribution in [3.8, 4) is 0 Å². The van der Waals surface area contributed by atoms with E-state index in [9.17, 15) is 18.0 Å². The minimum absolute atomic E-state index is 0.0170. The van der Waals surface area contributed by atoms with Gasteiger partial charge in [-0.1, -0.05) is 6.07 Å². The highest BCUT2D eigenvalue weighted by atomic mass is 32.2. The van der Waals surface area contributed by atoms with Crippen LogP contribution in [0.1, 0.15) is 65.8 Å². The van der Waals surface area contributed by atoms with Gasteiger partial charge in [-0.2, -0.15) is 0 Å². The lowest BCUT2D eigenvalue weighted by Crippen LogP contribution is -2.55. The molecule has 2 N–H and O–H groups in total. The van der Waals surface area contributed by atoms with E-state index in [1.54, 1.807) is 6.92 Å². The van der Waals surface area contributed by atoms with Crippen molar-refractivity contribution in [2.24, 2.45) is 0 Å². The zero-order chi connectivity index (χ0) is 24.8. The van der Waals surface area contributed by atoms with Crippen LogP contribution in [0.25, 0.3) is 0 Å². The van der Waals surface area contributed by atoms with Gasteiger partial charge >= 0.3 is 5.97 Å². The molecule has 0 bridgehead atoms. The number of sulfonamides is 1. The number of fused-ring (bicyclic) bond motifs is 1. The molecule has 10 heteroatoms. The molecule has 8 nitrogen and oxygen atoms in total. The van der Waals surface area contributed by atoms with Gasteiger partial charge in [-0.25, -0.2) is 17.5 Å². The fourth-order valence-corrected chi connectivity index (χ4v) is 6.43. The van der Waals surface area contributed by atoms with Gasteiger partial charge < -0.3 is 15.4 Å². The summed E-state index contributed by atoms with van der Waals surface area (Å²) in [5.41, 5.74) is 0.744. The number of rotatable bonds is 6. The van der Waals surface area contributed by atoms with Crippen molar-refractivity contribution < 1.29 is 22.7 Å². The van der Waals surface area contributed by atoms with Gasteiger partial charge in [0.25, 0.3) is 5.91 Å². The van der Waals surface area contributed by atoms with Crippen molar-refractivity contribution >= 4 is 38.2 Å². The van der Waals surface area contributed by atoms with Crippen LogP contribution in [0.4, 0.5) is 5.00 Å². The highest BCUT2D eigenvalue weighted by molar-refractivity contribution is 7.89. The first-order chi connectivity index (χ1) is 15.2. The third-order valence-corrected chi connectivity index (χ3v) is 8.71. The predicted molar refractivity (Wildman–Crippen MR) is 129 cm³/mol. The Morgan fingerprint density at radius 1 is 1.21 bits per heavy atom. The molecule has 1 amide bonds. The predicted octanol–water partition coefficient (Wildman–Crippen LogP) is 3.59. The average Bonchev–Trinajstić information content (AvgIpc) is 3.05. The summed E-state index contributed by atoms with van der Waals surface area (Å²) in [6, 6.07) is 5.83. The number of hydrogen-bond donors (Lipinski definition) is 2. The number of nitrogens with one attached hydrogen (secondary N) is 2. The first-order valence-electron chi connectivity index (χ1n) is 10.7. The summed E-state index contributed by atoms with van der Waals surface area (Å²) in [5, 5.41) is 6.83. The first kappa shape index (κ1) is 25.4. The van der Waals surface area contributed by atoms with E-state index in [-0.39, 0.29) is 22.6 Å². The van der Waals surface area contributed by atoms with E-state index in [1.165, 1.54) is 49.7 Å². The minimum atomic E-state index is -3.69. The van der Waals surface area contributed by atoms with Crippen molar-refractivity contribution in [3.05, 3.63) is 45.8 Å². The van der Waals surface area contributed by atoms with E-state index in [0.29, 0.717) is 17.0 Å². The molecule has 0 aliphatic carbocycles. The molecule has 0 atom stereocenters. The first-order valence-corrected chi connectivity index (χ1v) is 12.9. The largest absolute Gasteiger partial charge is 0.462 e. The number of amides is 1. The molecule has 180 valence electrons. The van der Waals surface area contributed by atoms with Gasteiger partial charge in [0.15, 0.2) is 0 Å². The third kappa shape index (κ3) is 4.98. The molecule has 0 saturated heterocycles. The number of carbonyl (C=O) groups is 2. The van der Waals surface area contributed by atoms with Crippen molar-refractivity contribution in [1.29, 1.82) is 0 Å². The minimum Gasteiger partial charge on any atom is -0.462 e. The van der Waals surface area contributed by atoms with E-state index in [0.717, 1.165) is 14.7 Å². The van der Waals surface area contributed by atoms with Crippen LogP contribution in [0.15, 0.2) is 29.2 Å². The van der Waals surface area contributed by atoms with Gasteiger partial charge in [0.1, 0.15) is 5.00 Å². The number of carbonyl (C=O) groups excluding carboxylic acids is 2. The fourth-order valence-electron chi connectivity index (χ4n) is 4.22. The fraction of sp³-hybridized carbons (Fsp3) is 0.478. The second-order valence-corrected chi connectivity index (χ2v) is 12.6. The van der Waals surface area contributed by atoms with E-state index in [4.69, 9.17) is 4.74 Å². The summed E-state index contributed by atoms with van der Waals surface area (Å²) >= 11 is 1.34. The van der Waals surface area contributed by atoms with Crippen LogP contribution in [-0.4, -0.2) is 50.8 Å². The number of anilines is 1. The molecule has 2 heterocycles. The summed E-state index contributed by atoms with van der Waals surface area (Å²) < 4.78 is 31.4. The molecule has 1 aliphatic heterocycles. The second-order valence-electron chi connectivity index (χ2n) is 9.41. The smallest absolute Gasteiger partial charge is 0.341 e. The van der Waals surface area contributed by atoms with Crippen LogP contribution in [0, 0.1) is 0 Å². The molecule has 1 aliphatic rings. The lowest BCUT2D eigenvalue weighted by atomic mass is 9.81. The van der Waals surface area contributed by atoms with Crippen LogP contribution in [-0.2, 0) is 26.7 Å². The quantitative estimate of drug-likeness (QED) is 0.596. The SMILES string of the molecule is CCOC(=O)c1c(NC(=O)c2cccc(S(=O)(=O)N(C)C)c2)sc2c1CC(C)(C)NC2(C)C. The van der Waals surface area contributed by atoms with Crippen molar-refractivity contribution in [2.45, 2.75) is 57.0 Å². The van der Waals surface area contributed by atoms with Crippen LogP contribution >= 0.6 is 11.3 Å². The molecule has 0 saturated carbocycles. The maximum absolute atomic E-state index is 13.1. The summed E-state index contributed by atoms with van der Waals surface area (Å²) in [6.07, 6.45) is 0.600. The Labute approximate surface area is 199 Å². The number of esters is 1. The van der Waals surface area contributed by atoms with E-state index in [1.807, 2.05) is 13.8 Å². The Balaban J connectivity index is 2.05. The van der Waals surface area contributed by atoms with Crippen molar-refractivity contribution in [3.63, 3.8) is 0 Å². The zero-order valence-electron chi connectivity index (χ0n) is 20.0. The normalized spacial score (nSPS) is 16.8. The second kappa shape index (κ2) is 8.83. The van der Waals surface area contributed by atoms with Crippen molar-refractivity contribution in [2.75, 3.05) is 26.0 Å². The van der Waals surface area contributed by atoms with E-state index >= 15 is 0 Å². The molecular weight excluding hydrogens is 462 g/mol. The third-order valence-electron chi connectivity index (χ3n) is 5.43. The lowest BCUT2D eigenvalue weighted by molar-refractivity contribution is 0.0525. The number of thiophene rings is 1. The van der Waals surface area contributed by atoms with Gasteiger partial charge in [0.2, 0.25) is 10.0 Å². The van der Waals surface area contributed by atoms with Crippen LogP contribution < -0.4 is 10.6 Å². The molecule has 33 heavy (non-hydrogen) atoms. The standard InChI is InChI=1S/C23H31N3O5S2/c1-8-31-21(28)17-16-13-22(2,3)25-23(4,5)18(16)32-20(17)24-19(27)14-10-9-11-15(12-14)33(29,30)26(6)7/h9-12,25H,8,13H2,1-7H3,(H,24,27). The van der Waals surface area contributed by atoms with Gasteiger partial charge in [-0.15, -0.1) is 11.3 Å². The van der Waals surface area contributed by atoms with Gasteiger partial charge in [-0.05, 0) is 64.8 Å². The monoisotopic (exact) mass is 493 g/mol. The molecule has 1 aromatic heterocycles. The number of hydrogen-bond acceptors (Lipinski definition) is 7. The van der Waals surface area contributed by atoms with Crippen molar-refractivity contribution in [1.82, 2.24) is 9.62 Å². The molecule has 3 rings (SSSR count). The molecule has 2 aromatic rings. The number of ether oxygens (including phenoxy) is 1. The Kier molecular flexibility index (Phi) is 6.78. The molecular formula is C23H31N3O5S2. The van der Waals surface area contributed by atoms with Gasteiger partial charge in [0.05, 0.1) is 17.1 Å². The maximum Gasteiger partial charge on any atom is 0.341 e.